The van der Waals surface area contributed by atoms with Crippen LogP contribution in [0.4, 0.5) is 0 Å². The number of fused-ring (bicyclic) bond motifs is 2. The third-order valence-electron chi connectivity index (χ3n) is 3.31. The predicted octanol–water partition coefficient (Wildman–Crippen LogP) is 5.14. The number of para-hydroxylation sites is 1. The van der Waals surface area contributed by atoms with Crippen LogP contribution < -0.4 is 0 Å². The second-order valence-corrected chi connectivity index (χ2v) is 5.40. The summed E-state index contributed by atoms with van der Waals surface area (Å²) in [5.74, 6) is 0.488. The highest BCUT2D eigenvalue weighted by Crippen LogP contribution is 2.34. The first-order valence-corrected chi connectivity index (χ1v) is 6.67. The van der Waals surface area contributed by atoms with Crippen LogP contribution in [0.15, 0.2) is 40.8 Å². The molecule has 0 aliphatic rings. The molecule has 3 aromatic rings. The maximum atomic E-state index is 9.87. The summed E-state index contributed by atoms with van der Waals surface area (Å²) in [6, 6.07) is 11.2. The van der Waals surface area contributed by atoms with Gasteiger partial charge in [0, 0.05) is 16.3 Å². The van der Waals surface area contributed by atoms with E-state index in [4.69, 9.17) is 16.6 Å². The Morgan fingerprint density at radius 2 is 1.84 bits per heavy atom. The molecular weight excluding hydrogens is 256 g/mol. The SMILES string of the molecule is CC(C)c1cc(O)cc2c(=S)c3ccccc3oc12. The van der Waals surface area contributed by atoms with Crippen molar-refractivity contribution in [1.29, 1.82) is 0 Å². The summed E-state index contributed by atoms with van der Waals surface area (Å²) in [6.45, 7) is 4.14. The minimum absolute atomic E-state index is 0.229. The lowest BCUT2D eigenvalue weighted by Crippen LogP contribution is -1.90. The van der Waals surface area contributed by atoms with Crippen LogP contribution in [-0.2, 0) is 0 Å². The fraction of sp³-hybridized carbons (Fsp3) is 0.188. The van der Waals surface area contributed by atoms with Gasteiger partial charge in [0.05, 0.1) is 4.51 Å². The van der Waals surface area contributed by atoms with Gasteiger partial charge >= 0.3 is 0 Å². The van der Waals surface area contributed by atoms with E-state index >= 15 is 0 Å². The van der Waals surface area contributed by atoms with Gasteiger partial charge in [0.2, 0.25) is 0 Å². The standard InChI is InChI=1S/C16H14O2S/c1-9(2)12-7-10(17)8-13-15(12)18-14-6-4-3-5-11(14)16(13)19/h3-9,17H,1-2H3. The van der Waals surface area contributed by atoms with Crippen molar-refractivity contribution in [1.82, 2.24) is 0 Å². The van der Waals surface area contributed by atoms with Gasteiger partial charge in [-0.15, -0.1) is 0 Å². The first-order chi connectivity index (χ1) is 9.08. The topological polar surface area (TPSA) is 33.4 Å². The largest absolute Gasteiger partial charge is 0.508 e. The van der Waals surface area contributed by atoms with E-state index < -0.39 is 0 Å². The number of rotatable bonds is 1. The van der Waals surface area contributed by atoms with Crippen molar-refractivity contribution in [3.63, 3.8) is 0 Å². The van der Waals surface area contributed by atoms with Crippen molar-refractivity contribution in [2.45, 2.75) is 19.8 Å². The molecule has 3 heteroatoms. The van der Waals surface area contributed by atoms with Gasteiger partial charge in [0.25, 0.3) is 0 Å². The smallest absolute Gasteiger partial charge is 0.139 e. The highest BCUT2D eigenvalue weighted by atomic mass is 32.1. The van der Waals surface area contributed by atoms with E-state index in [1.54, 1.807) is 12.1 Å². The lowest BCUT2D eigenvalue weighted by molar-refractivity contribution is 0.474. The van der Waals surface area contributed by atoms with Crippen molar-refractivity contribution in [2.24, 2.45) is 0 Å². The third-order valence-corrected chi connectivity index (χ3v) is 3.75. The Balaban J connectivity index is 2.58. The summed E-state index contributed by atoms with van der Waals surface area (Å²) in [5, 5.41) is 11.6. The Labute approximate surface area is 116 Å². The van der Waals surface area contributed by atoms with E-state index in [0.29, 0.717) is 0 Å². The lowest BCUT2D eigenvalue weighted by atomic mass is 9.99. The fourth-order valence-corrected chi connectivity index (χ4v) is 2.67. The zero-order valence-corrected chi connectivity index (χ0v) is 11.6. The van der Waals surface area contributed by atoms with Crippen molar-refractivity contribution < 1.29 is 9.52 Å². The van der Waals surface area contributed by atoms with E-state index in [1.165, 1.54) is 0 Å². The lowest BCUT2D eigenvalue weighted by Gasteiger charge is -2.11. The first-order valence-electron chi connectivity index (χ1n) is 6.26. The summed E-state index contributed by atoms with van der Waals surface area (Å²) in [7, 11) is 0. The molecule has 2 aromatic carbocycles. The Morgan fingerprint density at radius 3 is 2.58 bits per heavy atom. The van der Waals surface area contributed by atoms with E-state index in [9.17, 15) is 5.11 Å². The molecular formula is C16H14O2S. The molecule has 0 aliphatic heterocycles. The number of phenols is 1. The third kappa shape index (κ3) is 1.90. The normalized spacial score (nSPS) is 11.5. The van der Waals surface area contributed by atoms with Gasteiger partial charge in [0.1, 0.15) is 16.9 Å². The van der Waals surface area contributed by atoms with Crippen LogP contribution in [-0.4, -0.2) is 5.11 Å². The Morgan fingerprint density at radius 1 is 1.11 bits per heavy atom. The molecule has 0 aliphatic carbocycles. The molecule has 0 bridgehead atoms. The highest BCUT2D eigenvalue weighted by Gasteiger charge is 2.12. The summed E-state index contributed by atoms with van der Waals surface area (Å²) in [4.78, 5) is 0. The summed E-state index contributed by atoms with van der Waals surface area (Å²) < 4.78 is 6.73. The predicted molar refractivity (Wildman–Crippen MR) is 80.3 cm³/mol. The van der Waals surface area contributed by atoms with Crippen LogP contribution in [0.5, 0.6) is 5.75 Å². The first kappa shape index (κ1) is 12.2. The fourth-order valence-electron chi connectivity index (χ4n) is 2.35. The molecule has 1 N–H and O–H groups in total. The number of benzene rings is 2. The molecule has 0 radical (unpaired) electrons. The number of aromatic hydroxyl groups is 1. The highest BCUT2D eigenvalue weighted by molar-refractivity contribution is 7.72. The van der Waals surface area contributed by atoms with Gasteiger partial charge < -0.3 is 9.52 Å². The molecule has 0 saturated heterocycles. The molecule has 1 heterocycles. The number of hydrogen-bond donors (Lipinski definition) is 1. The van der Waals surface area contributed by atoms with Gasteiger partial charge in [-0.25, -0.2) is 0 Å². The second kappa shape index (κ2) is 4.35. The molecule has 96 valence electrons. The van der Waals surface area contributed by atoms with Crippen molar-refractivity contribution >= 4 is 34.2 Å². The number of phenolic OH excluding ortho intramolecular Hbond substituents is 1. The van der Waals surface area contributed by atoms with Gasteiger partial charge in [-0.1, -0.05) is 38.2 Å². The zero-order valence-electron chi connectivity index (χ0n) is 10.8. The van der Waals surface area contributed by atoms with Crippen molar-refractivity contribution in [2.75, 3.05) is 0 Å². The van der Waals surface area contributed by atoms with Crippen LogP contribution in [0.25, 0.3) is 21.9 Å². The van der Waals surface area contributed by atoms with Crippen LogP contribution in [0.3, 0.4) is 0 Å². The van der Waals surface area contributed by atoms with Crippen LogP contribution in [0.2, 0.25) is 0 Å². The molecule has 3 rings (SSSR count). The van der Waals surface area contributed by atoms with E-state index in [1.807, 2.05) is 24.3 Å². The van der Waals surface area contributed by atoms with Gasteiger partial charge in [-0.3, -0.25) is 0 Å². The van der Waals surface area contributed by atoms with Crippen LogP contribution >= 0.6 is 12.2 Å². The van der Waals surface area contributed by atoms with Crippen LogP contribution in [0, 0.1) is 4.51 Å². The maximum absolute atomic E-state index is 9.87. The minimum atomic E-state index is 0.229. The van der Waals surface area contributed by atoms with Gasteiger partial charge in [-0.2, -0.15) is 0 Å². The maximum Gasteiger partial charge on any atom is 0.139 e. The molecule has 0 saturated carbocycles. The van der Waals surface area contributed by atoms with Gasteiger partial charge in [0.15, 0.2) is 0 Å². The summed E-state index contributed by atoms with van der Waals surface area (Å²) >= 11 is 5.53. The summed E-state index contributed by atoms with van der Waals surface area (Å²) in [6.07, 6.45) is 0. The van der Waals surface area contributed by atoms with Crippen LogP contribution in [0.1, 0.15) is 25.3 Å². The average molecular weight is 270 g/mol. The molecule has 0 amide bonds. The quantitative estimate of drug-likeness (QED) is 0.490. The average Bonchev–Trinajstić information content (AvgIpc) is 2.39. The van der Waals surface area contributed by atoms with Gasteiger partial charge in [-0.05, 0) is 30.2 Å². The van der Waals surface area contributed by atoms with E-state index in [-0.39, 0.29) is 11.7 Å². The molecule has 0 spiro atoms. The molecule has 1 aromatic heterocycles. The Kier molecular flexibility index (Phi) is 2.79. The number of hydrogen-bond acceptors (Lipinski definition) is 3. The molecule has 0 atom stereocenters. The van der Waals surface area contributed by atoms with Crippen molar-refractivity contribution in [3.05, 3.63) is 46.5 Å². The van der Waals surface area contributed by atoms with E-state index in [0.717, 1.165) is 32.0 Å². The zero-order chi connectivity index (χ0) is 13.6. The monoisotopic (exact) mass is 270 g/mol. The summed E-state index contributed by atoms with van der Waals surface area (Å²) in [5.41, 5.74) is 2.54. The van der Waals surface area contributed by atoms with Crippen molar-refractivity contribution in [3.8, 4) is 5.75 Å². The molecule has 0 unspecified atom stereocenters. The Bertz CT molecular complexity index is 831. The Hall–Kier alpha value is -1.87. The molecule has 2 nitrogen and oxygen atoms in total. The molecule has 19 heavy (non-hydrogen) atoms. The molecule has 0 fully saturated rings. The minimum Gasteiger partial charge on any atom is -0.508 e. The second-order valence-electron chi connectivity index (χ2n) is 4.99. The van der Waals surface area contributed by atoms with E-state index in [2.05, 4.69) is 13.8 Å².